The highest BCUT2D eigenvalue weighted by Gasteiger charge is 2.16. The molecule has 5 heteroatoms. The van der Waals surface area contributed by atoms with Crippen molar-refractivity contribution in [1.82, 2.24) is 15.1 Å². The van der Waals surface area contributed by atoms with Crippen LogP contribution in [0.25, 0.3) is 11.3 Å². The fraction of sp³-hybridized carbons (Fsp3) is 0.500. The molecule has 0 radical (unpaired) electrons. The predicted molar refractivity (Wildman–Crippen MR) is 101 cm³/mol. The second-order valence-corrected chi connectivity index (χ2v) is 7.16. The second kappa shape index (κ2) is 8.30. The van der Waals surface area contributed by atoms with Crippen LogP contribution in [0.5, 0.6) is 0 Å². The van der Waals surface area contributed by atoms with E-state index < -0.39 is 0 Å². The van der Waals surface area contributed by atoms with Gasteiger partial charge in [-0.2, -0.15) is 5.10 Å². The van der Waals surface area contributed by atoms with E-state index in [2.05, 4.69) is 55.5 Å². The SMILES string of the molecule is CCn1nc(C(=O)NCCCOC)cc1-c1ccc(C(C)(C)C)cc1. The van der Waals surface area contributed by atoms with Crippen molar-refractivity contribution < 1.29 is 9.53 Å². The van der Waals surface area contributed by atoms with E-state index in [0.29, 0.717) is 25.4 Å². The Balaban J connectivity index is 2.18. The standard InChI is InChI=1S/C20H29N3O2/c1-6-23-18(15-8-10-16(11-9-15)20(2,3)4)14-17(22-23)19(24)21-12-7-13-25-5/h8-11,14H,6-7,12-13H2,1-5H3,(H,21,24). The Labute approximate surface area is 150 Å². The van der Waals surface area contributed by atoms with Crippen molar-refractivity contribution in [3.63, 3.8) is 0 Å². The Morgan fingerprint density at radius 1 is 1.24 bits per heavy atom. The minimum atomic E-state index is -0.143. The van der Waals surface area contributed by atoms with Gasteiger partial charge in [0.2, 0.25) is 0 Å². The third kappa shape index (κ3) is 4.92. The van der Waals surface area contributed by atoms with Gasteiger partial charge >= 0.3 is 0 Å². The number of hydrogen-bond acceptors (Lipinski definition) is 3. The minimum absolute atomic E-state index is 0.122. The normalized spacial score (nSPS) is 11.6. The second-order valence-electron chi connectivity index (χ2n) is 7.16. The number of aryl methyl sites for hydroxylation is 1. The van der Waals surface area contributed by atoms with Crippen LogP contribution in [0.3, 0.4) is 0 Å². The van der Waals surface area contributed by atoms with Gasteiger partial charge in [0.15, 0.2) is 5.69 Å². The Morgan fingerprint density at radius 2 is 1.92 bits per heavy atom. The van der Waals surface area contributed by atoms with Gasteiger partial charge in [0.05, 0.1) is 5.69 Å². The van der Waals surface area contributed by atoms with Crippen LogP contribution < -0.4 is 5.32 Å². The molecule has 2 aromatic rings. The molecule has 0 atom stereocenters. The molecule has 2 rings (SSSR count). The number of carbonyl (C=O) groups is 1. The van der Waals surface area contributed by atoms with Crippen LogP contribution >= 0.6 is 0 Å². The number of rotatable bonds is 7. The van der Waals surface area contributed by atoms with Crippen molar-refractivity contribution in [2.45, 2.75) is 46.1 Å². The summed E-state index contributed by atoms with van der Waals surface area (Å²) >= 11 is 0. The number of ether oxygens (including phenoxy) is 1. The predicted octanol–water partition coefficient (Wildman–Crippen LogP) is 3.63. The van der Waals surface area contributed by atoms with Crippen LogP contribution in [0.2, 0.25) is 0 Å². The summed E-state index contributed by atoms with van der Waals surface area (Å²) in [5, 5.41) is 7.33. The summed E-state index contributed by atoms with van der Waals surface area (Å²) in [6, 6.07) is 10.4. The molecule has 0 saturated carbocycles. The zero-order valence-electron chi connectivity index (χ0n) is 15.9. The highest BCUT2D eigenvalue weighted by molar-refractivity contribution is 5.93. The number of amides is 1. The molecule has 0 aliphatic carbocycles. The van der Waals surface area contributed by atoms with Gasteiger partial charge in [0, 0.05) is 26.8 Å². The molecule has 25 heavy (non-hydrogen) atoms. The summed E-state index contributed by atoms with van der Waals surface area (Å²) in [6.45, 7) is 10.6. The molecule has 1 amide bonds. The van der Waals surface area contributed by atoms with Crippen molar-refractivity contribution in [3.05, 3.63) is 41.6 Å². The topological polar surface area (TPSA) is 56.2 Å². The van der Waals surface area contributed by atoms with Crippen molar-refractivity contribution >= 4 is 5.91 Å². The Kier molecular flexibility index (Phi) is 6.37. The molecule has 0 aliphatic rings. The molecule has 5 nitrogen and oxygen atoms in total. The quantitative estimate of drug-likeness (QED) is 0.781. The molecule has 0 spiro atoms. The number of benzene rings is 1. The minimum Gasteiger partial charge on any atom is -0.385 e. The number of nitrogens with zero attached hydrogens (tertiary/aromatic N) is 2. The van der Waals surface area contributed by atoms with Crippen molar-refractivity contribution in [1.29, 1.82) is 0 Å². The summed E-state index contributed by atoms with van der Waals surface area (Å²) in [5.74, 6) is -0.143. The lowest BCUT2D eigenvalue weighted by Crippen LogP contribution is -2.25. The third-order valence-electron chi connectivity index (χ3n) is 4.17. The largest absolute Gasteiger partial charge is 0.385 e. The van der Waals surface area contributed by atoms with Crippen LogP contribution in [0, 0.1) is 0 Å². The molecule has 1 aromatic carbocycles. The van der Waals surface area contributed by atoms with Crippen LogP contribution in [-0.2, 0) is 16.7 Å². The van der Waals surface area contributed by atoms with Gasteiger partial charge in [-0.25, -0.2) is 0 Å². The van der Waals surface area contributed by atoms with E-state index in [1.54, 1.807) is 7.11 Å². The van der Waals surface area contributed by atoms with Gasteiger partial charge in [-0.05, 0) is 36.0 Å². The van der Waals surface area contributed by atoms with E-state index in [9.17, 15) is 4.79 Å². The van der Waals surface area contributed by atoms with Crippen LogP contribution in [0.4, 0.5) is 0 Å². The summed E-state index contributed by atoms with van der Waals surface area (Å²) < 4.78 is 6.86. The Bertz CT molecular complexity index is 697. The summed E-state index contributed by atoms with van der Waals surface area (Å²) in [7, 11) is 1.65. The lowest BCUT2D eigenvalue weighted by Gasteiger charge is -2.19. The summed E-state index contributed by atoms with van der Waals surface area (Å²) in [4.78, 5) is 12.3. The van der Waals surface area contributed by atoms with Crippen LogP contribution in [0.1, 0.15) is 50.2 Å². The highest BCUT2D eigenvalue weighted by atomic mass is 16.5. The molecular formula is C20H29N3O2. The fourth-order valence-electron chi connectivity index (χ4n) is 2.65. The molecule has 1 heterocycles. The average Bonchev–Trinajstić information content (AvgIpc) is 3.02. The number of hydrogen-bond donors (Lipinski definition) is 1. The van der Waals surface area contributed by atoms with E-state index in [1.807, 2.05) is 17.7 Å². The van der Waals surface area contributed by atoms with Crippen molar-refractivity contribution in [3.8, 4) is 11.3 Å². The zero-order chi connectivity index (χ0) is 18.4. The molecule has 1 aromatic heterocycles. The first-order valence-corrected chi connectivity index (χ1v) is 8.82. The lowest BCUT2D eigenvalue weighted by molar-refractivity contribution is 0.0943. The smallest absolute Gasteiger partial charge is 0.271 e. The maximum absolute atomic E-state index is 12.3. The maximum atomic E-state index is 12.3. The number of methoxy groups -OCH3 is 1. The molecule has 0 bridgehead atoms. The Morgan fingerprint density at radius 3 is 2.48 bits per heavy atom. The van der Waals surface area contributed by atoms with E-state index in [-0.39, 0.29) is 11.3 Å². The van der Waals surface area contributed by atoms with E-state index in [0.717, 1.165) is 17.7 Å². The van der Waals surface area contributed by atoms with Gasteiger partial charge in [-0.3, -0.25) is 9.48 Å². The maximum Gasteiger partial charge on any atom is 0.271 e. The van der Waals surface area contributed by atoms with Crippen LogP contribution in [-0.4, -0.2) is 35.9 Å². The number of nitrogens with one attached hydrogen (secondary N) is 1. The highest BCUT2D eigenvalue weighted by Crippen LogP contribution is 2.26. The van der Waals surface area contributed by atoms with Gasteiger partial charge < -0.3 is 10.1 Å². The molecule has 136 valence electrons. The monoisotopic (exact) mass is 343 g/mol. The van der Waals surface area contributed by atoms with Gasteiger partial charge in [0.25, 0.3) is 5.91 Å². The molecular weight excluding hydrogens is 314 g/mol. The average molecular weight is 343 g/mol. The fourth-order valence-corrected chi connectivity index (χ4v) is 2.65. The molecule has 0 aliphatic heterocycles. The van der Waals surface area contributed by atoms with Crippen molar-refractivity contribution in [2.75, 3.05) is 20.3 Å². The summed E-state index contributed by atoms with van der Waals surface area (Å²) in [5.41, 5.74) is 3.89. The van der Waals surface area contributed by atoms with E-state index >= 15 is 0 Å². The summed E-state index contributed by atoms with van der Waals surface area (Å²) in [6.07, 6.45) is 0.790. The zero-order valence-corrected chi connectivity index (χ0v) is 15.9. The first kappa shape index (κ1) is 19.2. The van der Waals surface area contributed by atoms with E-state index in [4.69, 9.17) is 4.74 Å². The lowest BCUT2D eigenvalue weighted by atomic mass is 9.86. The van der Waals surface area contributed by atoms with Gasteiger partial charge in [-0.15, -0.1) is 0 Å². The molecule has 0 unspecified atom stereocenters. The first-order chi connectivity index (χ1) is 11.9. The van der Waals surface area contributed by atoms with Crippen LogP contribution in [0.15, 0.2) is 30.3 Å². The third-order valence-corrected chi connectivity index (χ3v) is 4.17. The Hall–Kier alpha value is -2.14. The van der Waals surface area contributed by atoms with E-state index in [1.165, 1.54) is 5.56 Å². The van der Waals surface area contributed by atoms with Crippen molar-refractivity contribution in [2.24, 2.45) is 0 Å². The van der Waals surface area contributed by atoms with Gasteiger partial charge in [0.1, 0.15) is 0 Å². The first-order valence-electron chi connectivity index (χ1n) is 8.82. The number of aromatic nitrogens is 2. The number of carbonyl (C=O) groups excluding carboxylic acids is 1. The molecule has 0 saturated heterocycles. The van der Waals surface area contributed by atoms with Gasteiger partial charge in [-0.1, -0.05) is 45.0 Å². The molecule has 0 fully saturated rings. The molecule has 1 N–H and O–H groups in total.